The second-order valence-corrected chi connectivity index (χ2v) is 8.62. The molecule has 0 radical (unpaired) electrons. The zero-order chi connectivity index (χ0) is 20.1. The fourth-order valence-electron chi connectivity index (χ4n) is 2.76. The van der Waals surface area contributed by atoms with Crippen molar-refractivity contribution in [1.29, 1.82) is 0 Å². The highest BCUT2D eigenvalue weighted by atomic mass is 79.9. The maximum atomic E-state index is 12.0. The number of carbonyl (C=O) groups excluding carboxylic acids is 1. The van der Waals surface area contributed by atoms with Crippen molar-refractivity contribution < 1.29 is 22.7 Å². The predicted octanol–water partition coefficient (Wildman–Crippen LogP) is 3.02. The zero-order valence-electron chi connectivity index (χ0n) is 15.1. The van der Waals surface area contributed by atoms with Crippen LogP contribution in [0.3, 0.4) is 0 Å². The predicted molar refractivity (Wildman–Crippen MR) is 108 cm³/mol. The molecule has 0 aliphatic carbocycles. The Morgan fingerprint density at radius 2 is 2.00 bits per heavy atom. The number of fused-ring (bicyclic) bond motifs is 1. The third kappa shape index (κ3) is 4.71. The van der Waals surface area contributed by atoms with Crippen molar-refractivity contribution in [2.24, 2.45) is 4.99 Å². The van der Waals surface area contributed by atoms with Crippen LogP contribution in [0.5, 0.6) is 5.75 Å². The van der Waals surface area contributed by atoms with Crippen molar-refractivity contribution in [1.82, 2.24) is 4.72 Å². The summed E-state index contributed by atoms with van der Waals surface area (Å²) in [6.45, 7) is 0.421. The Bertz CT molecular complexity index is 1020. The molecule has 7 nitrogen and oxygen atoms in total. The first-order valence-corrected chi connectivity index (χ1v) is 10.8. The van der Waals surface area contributed by atoms with Gasteiger partial charge in [0.15, 0.2) is 0 Å². The van der Waals surface area contributed by atoms with Gasteiger partial charge in [0.2, 0.25) is 0 Å². The van der Waals surface area contributed by atoms with Crippen molar-refractivity contribution in [3.05, 3.63) is 58.1 Å². The van der Waals surface area contributed by atoms with Crippen LogP contribution >= 0.6 is 15.9 Å². The van der Waals surface area contributed by atoms with Crippen LogP contribution in [0.2, 0.25) is 0 Å². The smallest absolute Gasteiger partial charge is 0.306 e. The van der Waals surface area contributed by atoms with E-state index in [2.05, 4.69) is 25.6 Å². The summed E-state index contributed by atoms with van der Waals surface area (Å²) < 4.78 is 37.9. The van der Waals surface area contributed by atoms with Gasteiger partial charge in [-0.2, -0.15) is 0 Å². The van der Waals surface area contributed by atoms with E-state index >= 15 is 0 Å². The Morgan fingerprint density at radius 3 is 2.79 bits per heavy atom. The second kappa shape index (κ2) is 8.74. The summed E-state index contributed by atoms with van der Waals surface area (Å²) in [4.78, 5) is 16.5. The van der Waals surface area contributed by atoms with Gasteiger partial charge in [-0.15, -0.1) is 0 Å². The summed E-state index contributed by atoms with van der Waals surface area (Å²) in [6.07, 6.45) is 0.628. The lowest BCUT2D eigenvalue weighted by Crippen LogP contribution is -2.22. The average molecular weight is 467 g/mol. The SMILES string of the molecule is COc1ccc(Br)cc1COC(=O)CCCN=C1NS(=O)(=O)c2ccccc21. The van der Waals surface area contributed by atoms with Crippen LogP contribution in [0.15, 0.2) is 56.8 Å². The first-order valence-electron chi connectivity index (χ1n) is 8.55. The maximum Gasteiger partial charge on any atom is 0.306 e. The van der Waals surface area contributed by atoms with Crippen molar-refractivity contribution in [3.63, 3.8) is 0 Å². The van der Waals surface area contributed by atoms with Crippen LogP contribution in [0.4, 0.5) is 0 Å². The Hall–Kier alpha value is -2.39. The number of sulfonamides is 1. The molecule has 1 heterocycles. The van der Waals surface area contributed by atoms with E-state index in [0.29, 0.717) is 30.1 Å². The number of ether oxygens (including phenoxy) is 2. The van der Waals surface area contributed by atoms with Gasteiger partial charge in [-0.05, 0) is 36.8 Å². The van der Waals surface area contributed by atoms with Gasteiger partial charge >= 0.3 is 5.97 Å². The fraction of sp³-hybridized carbons (Fsp3) is 0.263. The normalized spacial score (nSPS) is 15.7. The van der Waals surface area contributed by atoms with Crippen molar-refractivity contribution >= 4 is 37.8 Å². The van der Waals surface area contributed by atoms with Gasteiger partial charge in [0, 0.05) is 28.6 Å². The Morgan fingerprint density at radius 1 is 1.21 bits per heavy atom. The molecule has 2 aromatic carbocycles. The molecule has 3 rings (SSSR count). The molecule has 1 aliphatic heterocycles. The summed E-state index contributed by atoms with van der Waals surface area (Å²) in [5.41, 5.74) is 1.31. The minimum Gasteiger partial charge on any atom is -0.496 e. The molecule has 0 unspecified atom stereocenters. The molecule has 0 aromatic heterocycles. The lowest BCUT2D eigenvalue weighted by atomic mass is 10.2. The molecule has 1 aliphatic rings. The van der Waals surface area contributed by atoms with E-state index in [0.717, 1.165) is 10.0 Å². The van der Waals surface area contributed by atoms with E-state index < -0.39 is 10.0 Å². The van der Waals surface area contributed by atoms with Gasteiger partial charge in [-0.1, -0.05) is 28.1 Å². The van der Waals surface area contributed by atoms with Crippen LogP contribution in [-0.2, 0) is 26.2 Å². The summed E-state index contributed by atoms with van der Waals surface area (Å²) in [6, 6.07) is 12.1. The number of halogens is 1. The summed E-state index contributed by atoms with van der Waals surface area (Å²) in [7, 11) is -1.99. The molecule has 0 atom stereocenters. The third-order valence-electron chi connectivity index (χ3n) is 4.10. The minimum atomic E-state index is -3.55. The van der Waals surface area contributed by atoms with Gasteiger partial charge in [-0.25, -0.2) is 8.42 Å². The monoisotopic (exact) mass is 466 g/mol. The van der Waals surface area contributed by atoms with Crippen LogP contribution in [-0.4, -0.2) is 33.9 Å². The number of esters is 1. The molecule has 0 fully saturated rings. The number of amidine groups is 1. The highest BCUT2D eigenvalue weighted by Crippen LogP contribution is 2.24. The standard InChI is InChI=1S/C19H19BrN2O5S/c1-26-16-9-8-14(20)11-13(16)12-27-18(23)7-4-10-21-19-15-5-2-3-6-17(15)28(24,25)22-19/h2-3,5-6,8-9,11H,4,7,10,12H2,1H3,(H,21,22). The average Bonchev–Trinajstić information content (AvgIpc) is 2.94. The Labute approximate surface area is 171 Å². The fourth-order valence-corrected chi connectivity index (χ4v) is 4.42. The van der Waals surface area contributed by atoms with Crippen LogP contribution in [0.25, 0.3) is 0 Å². The van der Waals surface area contributed by atoms with Crippen LogP contribution in [0.1, 0.15) is 24.0 Å². The second-order valence-electron chi connectivity index (χ2n) is 6.05. The lowest BCUT2D eigenvalue weighted by Gasteiger charge is -2.09. The van der Waals surface area contributed by atoms with Gasteiger partial charge in [0.05, 0.1) is 12.0 Å². The van der Waals surface area contributed by atoms with Gasteiger partial charge < -0.3 is 9.47 Å². The minimum absolute atomic E-state index is 0.114. The van der Waals surface area contributed by atoms with E-state index in [-0.39, 0.29) is 23.9 Å². The van der Waals surface area contributed by atoms with E-state index in [1.807, 2.05) is 12.1 Å². The van der Waals surface area contributed by atoms with Crippen molar-refractivity contribution in [3.8, 4) is 5.75 Å². The number of methoxy groups -OCH3 is 1. The Kier molecular flexibility index (Phi) is 6.35. The molecule has 0 amide bonds. The highest BCUT2D eigenvalue weighted by molar-refractivity contribution is 9.10. The first kappa shape index (κ1) is 20.3. The molecule has 0 spiro atoms. The number of nitrogens with one attached hydrogen (secondary N) is 1. The number of nitrogens with zero attached hydrogens (tertiary/aromatic N) is 1. The Balaban J connectivity index is 1.50. The quantitative estimate of drug-likeness (QED) is 0.499. The molecule has 0 saturated carbocycles. The molecule has 0 bridgehead atoms. The molecular formula is C19H19BrN2O5S. The third-order valence-corrected chi connectivity index (χ3v) is 5.99. The summed E-state index contributed by atoms with van der Waals surface area (Å²) >= 11 is 3.38. The number of benzene rings is 2. The van der Waals surface area contributed by atoms with Gasteiger partial charge in [-0.3, -0.25) is 14.5 Å². The van der Waals surface area contributed by atoms with Gasteiger partial charge in [0.25, 0.3) is 10.0 Å². The summed E-state index contributed by atoms with van der Waals surface area (Å²) in [5, 5.41) is 0. The first-order chi connectivity index (χ1) is 13.4. The van der Waals surface area contributed by atoms with E-state index in [9.17, 15) is 13.2 Å². The van der Waals surface area contributed by atoms with E-state index in [1.54, 1.807) is 31.4 Å². The van der Waals surface area contributed by atoms with Gasteiger partial charge in [0.1, 0.15) is 18.2 Å². The highest BCUT2D eigenvalue weighted by Gasteiger charge is 2.29. The maximum absolute atomic E-state index is 12.0. The number of aliphatic imine (C=N–C) groups is 1. The molecule has 2 aromatic rings. The molecule has 1 N–H and O–H groups in total. The largest absolute Gasteiger partial charge is 0.496 e. The van der Waals surface area contributed by atoms with E-state index in [1.165, 1.54) is 6.07 Å². The molecule has 0 saturated heterocycles. The van der Waals surface area contributed by atoms with Crippen LogP contribution in [0, 0.1) is 0 Å². The van der Waals surface area contributed by atoms with Crippen molar-refractivity contribution in [2.45, 2.75) is 24.3 Å². The van der Waals surface area contributed by atoms with E-state index in [4.69, 9.17) is 9.47 Å². The number of hydrogen-bond donors (Lipinski definition) is 1. The van der Waals surface area contributed by atoms with Crippen molar-refractivity contribution in [2.75, 3.05) is 13.7 Å². The number of carbonyl (C=O) groups is 1. The topological polar surface area (TPSA) is 94.1 Å². The number of hydrogen-bond acceptors (Lipinski definition) is 6. The van der Waals surface area contributed by atoms with Crippen LogP contribution < -0.4 is 9.46 Å². The molecular weight excluding hydrogens is 448 g/mol. The molecule has 9 heteroatoms. The zero-order valence-corrected chi connectivity index (χ0v) is 17.5. The lowest BCUT2D eigenvalue weighted by molar-refractivity contribution is -0.145. The number of rotatable bonds is 7. The molecule has 148 valence electrons. The summed E-state index contributed by atoms with van der Waals surface area (Å²) in [5.74, 6) is 0.604. The molecule has 28 heavy (non-hydrogen) atoms.